The summed E-state index contributed by atoms with van der Waals surface area (Å²) in [6, 6.07) is 5.63. The van der Waals surface area contributed by atoms with Crippen molar-refractivity contribution >= 4 is 0 Å². The lowest BCUT2D eigenvalue weighted by Gasteiger charge is -2.15. The van der Waals surface area contributed by atoms with E-state index in [9.17, 15) is 0 Å². The van der Waals surface area contributed by atoms with Crippen LogP contribution in [-0.2, 0) is 6.54 Å². The third kappa shape index (κ3) is 2.33. The molecule has 0 bridgehead atoms. The van der Waals surface area contributed by atoms with E-state index in [0.717, 1.165) is 31.1 Å². The van der Waals surface area contributed by atoms with Crippen molar-refractivity contribution < 1.29 is 8.94 Å². The molecule has 16 heavy (non-hydrogen) atoms. The summed E-state index contributed by atoms with van der Waals surface area (Å²) < 4.78 is 10.5. The zero-order valence-electron chi connectivity index (χ0n) is 9.64. The van der Waals surface area contributed by atoms with Crippen LogP contribution in [0.2, 0.25) is 0 Å². The standard InChI is InChI=1S/C12H16N2O2/c1-3-14(4-2)9-10-8-12(16-13-10)11-6-5-7-15-11/h5-8H,3-4,9H2,1-2H3. The van der Waals surface area contributed by atoms with E-state index in [1.165, 1.54) is 0 Å². The Hall–Kier alpha value is -1.55. The lowest BCUT2D eigenvalue weighted by molar-refractivity contribution is 0.284. The highest BCUT2D eigenvalue weighted by molar-refractivity contribution is 5.49. The summed E-state index contributed by atoms with van der Waals surface area (Å²) in [5, 5.41) is 4.03. The first-order chi connectivity index (χ1) is 7.83. The Bertz CT molecular complexity index is 416. The molecule has 2 rings (SSSR count). The van der Waals surface area contributed by atoms with Crippen molar-refractivity contribution in [2.45, 2.75) is 20.4 Å². The summed E-state index contributed by atoms with van der Waals surface area (Å²) in [7, 11) is 0. The van der Waals surface area contributed by atoms with Gasteiger partial charge in [-0.1, -0.05) is 19.0 Å². The van der Waals surface area contributed by atoms with Crippen LogP contribution in [0.3, 0.4) is 0 Å². The minimum absolute atomic E-state index is 0.687. The molecule has 0 amide bonds. The Kier molecular flexibility index (Phi) is 3.41. The van der Waals surface area contributed by atoms with Gasteiger partial charge in [-0.05, 0) is 25.2 Å². The molecular weight excluding hydrogens is 204 g/mol. The van der Waals surface area contributed by atoms with Gasteiger partial charge in [0.15, 0.2) is 5.76 Å². The van der Waals surface area contributed by atoms with E-state index in [0.29, 0.717) is 5.76 Å². The first-order valence-electron chi connectivity index (χ1n) is 5.55. The van der Waals surface area contributed by atoms with Gasteiger partial charge in [0.1, 0.15) is 0 Å². The maximum absolute atomic E-state index is 5.24. The smallest absolute Gasteiger partial charge is 0.202 e. The third-order valence-corrected chi connectivity index (χ3v) is 2.60. The van der Waals surface area contributed by atoms with E-state index in [4.69, 9.17) is 8.94 Å². The average molecular weight is 220 g/mol. The van der Waals surface area contributed by atoms with Gasteiger partial charge in [0.25, 0.3) is 0 Å². The summed E-state index contributed by atoms with van der Waals surface area (Å²) in [4.78, 5) is 2.28. The number of hydrogen-bond donors (Lipinski definition) is 0. The fraction of sp³-hybridized carbons (Fsp3) is 0.417. The average Bonchev–Trinajstić information content (AvgIpc) is 2.96. The SMILES string of the molecule is CCN(CC)Cc1cc(-c2ccco2)on1. The summed E-state index contributed by atoms with van der Waals surface area (Å²) >= 11 is 0. The highest BCUT2D eigenvalue weighted by Gasteiger charge is 2.10. The minimum Gasteiger partial charge on any atom is -0.461 e. The van der Waals surface area contributed by atoms with Crippen molar-refractivity contribution in [2.24, 2.45) is 0 Å². The summed E-state index contributed by atoms with van der Waals surface area (Å²) in [5.41, 5.74) is 0.940. The molecule has 4 heteroatoms. The number of hydrogen-bond acceptors (Lipinski definition) is 4. The monoisotopic (exact) mass is 220 g/mol. The maximum Gasteiger partial charge on any atom is 0.202 e. The number of nitrogens with zero attached hydrogens (tertiary/aromatic N) is 2. The van der Waals surface area contributed by atoms with Crippen molar-refractivity contribution in [2.75, 3.05) is 13.1 Å². The molecule has 0 aromatic carbocycles. The minimum atomic E-state index is 0.687. The fourth-order valence-electron chi connectivity index (χ4n) is 1.60. The van der Waals surface area contributed by atoms with Gasteiger partial charge in [-0.2, -0.15) is 0 Å². The lowest BCUT2D eigenvalue weighted by atomic mass is 10.3. The van der Waals surface area contributed by atoms with Gasteiger partial charge in [-0.25, -0.2) is 0 Å². The molecule has 2 heterocycles. The van der Waals surface area contributed by atoms with Crippen LogP contribution in [0.4, 0.5) is 0 Å². The second kappa shape index (κ2) is 4.99. The predicted molar refractivity (Wildman–Crippen MR) is 60.8 cm³/mol. The van der Waals surface area contributed by atoms with Gasteiger partial charge in [0.2, 0.25) is 5.76 Å². The third-order valence-electron chi connectivity index (χ3n) is 2.60. The van der Waals surface area contributed by atoms with Crippen LogP contribution >= 0.6 is 0 Å². The first kappa shape index (κ1) is 11.0. The lowest BCUT2D eigenvalue weighted by Crippen LogP contribution is -2.22. The van der Waals surface area contributed by atoms with Crippen molar-refractivity contribution in [3.63, 3.8) is 0 Å². The zero-order chi connectivity index (χ0) is 11.4. The van der Waals surface area contributed by atoms with Crippen LogP contribution in [0.15, 0.2) is 33.4 Å². The number of rotatable bonds is 5. The van der Waals surface area contributed by atoms with Crippen LogP contribution in [0.25, 0.3) is 11.5 Å². The summed E-state index contributed by atoms with van der Waals surface area (Å²) in [6.07, 6.45) is 1.63. The Balaban J connectivity index is 2.08. The van der Waals surface area contributed by atoms with Crippen LogP contribution in [0, 0.1) is 0 Å². The highest BCUT2D eigenvalue weighted by atomic mass is 16.5. The Morgan fingerprint density at radius 1 is 1.25 bits per heavy atom. The normalized spacial score (nSPS) is 11.2. The number of aromatic nitrogens is 1. The number of furan rings is 1. The van der Waals surface area contributed by atoms with Crippen LogP contribution in [0.1, 0.15) is 19.5 Å². The van der Waals surface area contributed by atoms with Gasteiger partial charge in [0, 0.05) is 12.6 Å². The Morgan fingerprint density at radius 3 is 2.69 bits per heavy atom. The topological polar surface area (TPSA) is 42.4 Å². The molecule has 0 saturated heterocycles. The molecule has 0 saturated carbocycles. The predicted octanol–water partition coefficient (Wildman–Crippen LogP) is 2.78. The first-order valence-corrected chi connectivity index (χ1v) is 5.55. The Morgan fingerprint density at radius 2 is 2.06 bits per heavy atom. The van der Waals surface area contributed by atoms with Gasteiger partial charge in [0.05, 0.1) is 12.0 Å². The van der Waals surface area contributed by atoms with Gasteiger partial charge in [-0.15, -0.1) is 0 Å². The molecule has 0 spiro atoms. The molecule has 0 aliphatic heterocycles. The molecule has 0 N–H and O–H groups in total. The fourth-order valence-corrected chi connectivity index (χ4v) is 1.60. The van der Waals surface area contributed by atoms with Crippen molar-refractivity contribution in [1.29, 1.82) is 0 Å². The molecule has 4 nitrogen and oxygen atoms in total. The van der Waals surface area contributed by atoms with Crippen molar-refractivity contribution in [3.05, 3.63) is 30.2 Å². The molecule has 0 atom stereocenters. The molecule has 2 aromatic heterocycles. The molecule has 0 radical (unpaired) electrons. The van der Waals surface area contributed by atoms with Crippen molar-refractivity contribution in [3.8, 4) is 11.5 Å². The second-order valence-electron chi connectivity index (χ2n) is 3.62. The molecule has 0 fully saturated rings. The molecule has 0 aliphatic rings. The summed E-state index contributed by atoms with van der Waals surface area (Å²) in [5.74, 6) is 1.41. The zero-order valence-corrected chi connectivity index (χ0v) is 9.64. The highest BCUT2D eigenvalue weighted by Crippen LogP contribution is 2.20. The van der Waals surface area contributed by atoms with Gasteiger partial charge in [-0.3, -0.25) is 4.90 Å². The molecular formula is C12H16N2O2. The van der Waals surface area contributed by atoms with E-state index in [-0.39, 0.29) is 0 Å². The van der Waals surface area contributed by atoms with Crippen molar-refractivity contribution in [1.82, 2.24) is 10.1 Å². The molecule has 0 unspecified atom stereocenters. The van der Waals surface area contributed by atoms with Gasteiger partial charge >= 0.3 is 0 Å². The van der Waals surface area contributed by atoms with Gasteiger partial charge < -0.3 is 8.94 Å². The molecule has 86 valence electrons. The van der Waals surface area contributed by atoms with Crippen LogP contribution < -0.4 is 0 Å². The quantitative estimate of drug-likeness (QED) is 0.777. The second-order valence-corrected chi connectivity index (χ2v) is 3.62. The molecule has 2 aromatic rings. The summed E-state index contributed by atoms with van der Waals surface area (Å²) in [6.45, 7) is 7.12. The van der Waals surface area contributed by atoms with E-state index >= 15 is 0 Å². The van der Waals surface area contributed by atoms with E-state index in [1.807, 2.05) is 18.2 Å². The Labute approximate surface area is 94.8 Å². The van der Waals surface area contributed by atoms with E-state index < -0.39 is 0 Å². The van der Waals surface area contributed by atoms with Crippen LogP contribution in [0.5, 0.6) is 0 Å². The van der Waals surface area contributed by atoms with Crippen LogP contribution in [-0.4, -0.2) is 23.1 Å². The molecule has 0 aliphatic carbocycles. The maximum atomic E-state index is 5.24. The van der Waals surface area contributed by atoms with E-state index in [2.05, 4.69) is 23.9 Å². The van der Waals surface area contributed by atoms with E-state index in [1.54, 1.807) is 6.26 Å². The largest absolute Gasteiger partial charge is 0.461 e.